The Morgan fingerprint density at radius 1 is 0.839 bits per heavy atom. The summed E-state index contributed by atoms with van der Waals surface area (Å²) >= 11 is 0. The molecule has 0 bridgehead atoms. The standard InChI is InChI=1S/C25H45N3O3/c1-3-5-7-9-11-15-24(29)26-17-13-19-28(21-23-22-31-23)20-14-18-27-25(30)16-12-10-8-6-4-2/h9-12,23H,3-8,13-22H2,1-2H3,(H,26,29)(H,27,30)/b11-9+,12-10+. The smallest absolute Gasteiger partial charge is 0.223 e. The first-order valence-corrected chi connectivity index (χ1v) is 12.3. The van der Waals surface area contributed by atoms with Gasteiger partial charge in [-0.2, -0.15) is 0 Å². The Morgan fingerprint density at radius 2 is 1.32 bits per heavy atom. The SMILES string of the molecule is CCCC/C=C/CC(=O)NCCCN(CCCNC(=O)C/C=C/CCCC)CC1CO1. The number of hydrogen-bond donors (Lipinski definition) is 2. The van der Waals surface area contributed by atoms with Gasteiger partial charge in [0.2, 0.25) is 11.8 Å². The highest BCUT2D eigenvalue weighted by Gasteiger charge is 2.25. The Labute approximate surface area is 189 Å². The fraction of sp³-hybridized carbons (Fsp3) is 0.760. The summed E-state index contributed by atoms with van der Waals surface area (Å²) in [5, 5.41) is 6.00. The number of carbonyl (C=O) groups is 2. The van der Waals surface area contributed by atoms with Crippen LogP contribution in [0, 0.1) is 0 Å². The molecule has 2 N–H and O–H groups in total. The Morgan fingerprint density at radius 3 is 1.74 bits per heavy atom. The van der Waals surface area contributed by atoms with Crippen LogP contribution in [0.1, 0.15) is 78.1 Å². The van der Waals surface area contributed by atoms with Crippen molar-refractivity contribution in [2.24, 2.45) is 0 Å². The van der Waals surface area contributed by atoms with E-state index in [0.29, 0.717) is 32.0 Å². The van der Waals surface area contributed by atoms with Crippen molar-refractivity contribution in [3.8, 4) is 0 Å². The van der Waals surface area contributed by atoms with E-state index in [-0.39, 0.29) is 11.8 Å². The summed E-state index contributed by atoms with van der Waals surface area (Å²) in [5.74, 6) is 0.188. The van der Waals surface area contributed by atoms with Gasteiger partial charge >= 0.3 is 0 Å². The first-order chi connectivity index (χ1) is 15.2. The number of amides is 2. The summed E-state index contributed by atoms with van der Waals surface area (Å²) in [6.45, 7) is 9.38. The van der Waals surface area contributed by atoms with E-state index >= 15 is 0 Å². The second kappa shape index (κ2) is 19.1. The van der Waals surface area contributed by atoms with E-state index in [1.807, 2.05) is 12.2 Å². The van der Waals surface area contributed by atoms with Crippen molar-refractivity contribution in [3.63, 3.8) is 0 Å². The Bertz CT molecular complexity index is 490. The maximum atomic E-state index is 11.9. The third-order valence-corrected chi connectivity index (χ3v) is 5.20. The molecule has 1 fully saturated rings. The summed E-state index contributed by atoms with van der Waals surface area (Å²) < 4.78 is 5.38. The van der Waals surface area contributed by atoms with Gasteiger partial charge in [-0.1, -0.05) is 63.8 Å². The van der Waals surface area contributed by atoms with Gasteiger partial charge in [0.15, 0.2) is 0 Å². The normalized spacial score (nSPS) is 15.8. The molecule has 0 radical (unpaired) electrons. The lowest BCUT2D eigenvalue weighted by atomic mass is 10.2. The van der Waals surface area contributed by atoms with Gasteiger partial charge in [-0.25, -0.2) is 0 Å². The number of nitrogens with one attached hydrogen (secondary N) is 2. The number of unbranched alkanes of at least 4 members (excludes halogenated alkanes) is 4. The number of allylic oxidation sites excluding steroid dienone is 2. The number of hydrogen-bond acceptors (Lipinski definition) is 4. The van der Waals surface area contributed by atoms with Crippen LogP contribution in [-0.4, -0.2) is 62.1 Å². The molecule has 1 saturated heterocycles. The van der Waals surface area contributed by atoms with Crippen LogP contribution in [0.25, 0.3) is 0 Å². The van der Waals surface area contributed by atoms with Gasteiger partial charge in [0.1, 0.15) is 0 Å². The summed E-state index contributed by atoms with van der Waals surface area (Å²) in [6, 6.07) is 0. The van der Waals surface area contributed by atoms with Gasteiger partial charge < -0.3 is 20.3 Å². The lowest BCUT2D eigenvalue weighted by molar-refractivity contribution is -0.121. The molecule has 0 spiro atoms. The second-order valence-corrected chi connectivity index (χ2v) is 8.30. The molecule has 0 aromatic heterocycles. The number of epoxide rings is 1. The third kappa shape index (κ3) is 17.7. The molecule has 6 heteroatoms. The fourth-order valence-corrected chi connectivity index (χ4v) is 3.22. The minimum atomic E-state index is 0.0938. The van der Waals surface area contributed by atoms with E-state index < -0.39 is 0 Å². The molecule has 2 amide bonds. The zero-order valence-electron chi connectivity index (χ0n) is 19.9. The van der Waals surface area contributed by atoms with Gasteiger partial charge in [-0.3, -0.25) is 9.59 Å². The highest BCUT2D eigenvalue weighted by molar-refractivity contribution is 5.77. The molecule has 1 aliphatic heterocycles. The van der Waals surface area contributed by atoms with E-state index in [4.69, 9.17) is 4.74 Å². The minimum Gasteiger partial charge on any atom is -0.372 e. The van der Waals surface area contributed by atoms with Crippen molar-refractivity contribution < 1.29 is 14.3 Å². The summed E-state index contributed by atoms with van der Waals surface area (Å²) in [7, 11) is 0. The maximum absolute atomic E-state index is 11.9. The molecule has 178 valence electrons. The largest absolute Gasteiger partial charge is 0.372 e. The van der Waals surface area contributed by atoms with E-state index in [1.54, 1.807) is 0 Å². The van der Waals surface area contributed by atoms with Crippen molar-refractivity contribution >= 4 is 11.8 Å². The number of ether oxygens (including phenoxy) is 1. The summed E-state index contributed by atoms with van der Waals surface area (Å²) in [6.07, 6.45) is 18.1. The Hall–Kier alpha value is -1.66. The average molecular weight is 436 g/mol. The predicted molar refractivity (Wildman–Crippen MR) is 128 cm³/mol. The average Bonchev–Trinajstić information content (AvgIpc) is 3.57. The lowest BCUT2D eigenvalue weighted by Gasteiger charge is -2.21. The maximum Gasteiger partial charge on any atom is 0.223 e. The van der Waals surface area contributed by atoms with Crippen molar-refractivity contribution in [1.29, 1.82) is 0 Å². The molecule has 0 saturated carbocycles. The van der Waals surface area contributed by atoms with Crippen LogP contribution < -0.4 is 10.6 Å². The molecular weight excluding hydrogens is 390 g/mol. The van der Waals surface area contributed by atoms with Crippen molar-refractivity contribution in [2.45, 2.75) is 84.2 Å². The molecule has 1 heterocycles. The molecule has 0 aliphatic carbocycles. The monoisotopic (exact) mass is 435 g/mol. The fourth-order valence-electron chi connectivity index (χ4n) is 3.22. The molecule has 6 nitrogen and oxygen atoms in total. The van der Waals surface area contributed by atoms with E-state index in [9.17, 15) is 9.59 Å². The highest BCUT2D eigenvalue weighted by Crippen LogP contribution is 2.11. The first-order valence-electron chi connectivity index (χ1n) is 12.3. The van der Waals surface area contributed by atoms with Gasteiger partial charge in [-0.05, 0) is 38.8 Å². The van der Waals surface area contributed by atoms with Crippen LogP contribution in [-0.2, 0) is 14.3 Å². The van der Waals surface area contributed by atoms with Crippen LogP contribution in [0.5, 0.6) is 0 Å². The van der Waals surface area contributed by atoms with Gasteiger partial charge in [0, 0.05) is 32.5 Å². The molecule has 31 heavy (non-hydrogen) atoms. The van der Waals surface area contributed by atoms with Crippen LogP contribution in [0.4, 0.5) is 0 Å². The molecule has 0 aromatic rings. The third-order valence-electron chi connectivity index (χ3n) is 5.20. The molecule has 1 aliphatic rings. The number of nitrogens with zero attached hydrogens (tertiary/aromatic N) is 1. The van der Waals surface area contributed by atoms with Crippen molar-refractivity contribution in [3.05, 3.63) is 24.3 Å². The van der Waals surface area contributed by atoms with Crippen LogP contribution in [0.15, 0.2) is 24.3 Å². The lowest BCUT2D eigenvalue weighted by Crippen LogP contribution is -2.34. The zero-order chi connectivity index (χ0) is 22.6. The second-order valence-electron chi connectivity index (χ2n) is 8.30. The van der Waals surface area contributed by atoms with Gasteiger partial charge in [0.25, 0.3) is 0 Å². The molecule has 1 atom stereocenters. The highest BCUT2D eigenvalue weighted by atomic mass is 16.6. The van der Waals surface area contributed by atoms with Crippen molar-refractivity contribution in [2.75, 3.05) is 39.3 Å². The topological polar surface area (TPSA) is 74.0 Å². The quantitative estimate of drug-likeness (QED) is 0.172. The van der Waals surface area contributed by atoms with Crippen LogP contribution >= 0.6 is 0 Å². The van der Waals surface area contributed by atoms with Gasteiger partial charge in [0.05, 0.1) is 12.7 Å². The zero-order valence-corrected chi connectivity index (χ0v) is 19.9. The Balaban J connectivity index is 2.11. The van der Waals surface area contributed by atoms with E-state index in [1.165, 1.54) is 25.7 Å². The molecule has 1 unspecified atom stereocenters. The summed E-state index contributed by atoms with van der Waals surface area (Å²) in [5.41, 5.74) is 0. The van der Waals surface area contributed by atoms with E-state index in [2.05, 4.69) is 41.5 Å². The van der Waals surface area contributed by atoms with Crippen molar-refractivity contribution in [1.82, 2.24) is 15.5 Å². The van der Waals surface area contributed by atoms with Gasteiger partial charge in [-0.15, -0.1) is 0 Å². The predicted octanol–water partition coefficient (Wildman–Crippen LogP) is 3.97. The Kier molecular flexibility index (Phi) is 16.8. The molecular formula is C25H45N3O3. The van der Waals surface area contributed by atoms with Crippen LogP contribution in [0.3, 0.4) is 0 Å². The first kappa shape index (κ1) is 27.4. The van der Waals surface area contributed by atoms with E-state index in [0.717, 1.165) is 51.9 Å². The molecule has 0 aromatic carbocycles. The van der Waals surface area contributed by atoms with Crippen LogP contribution in [0.2, 0.25) is 0 Å². The molecule has 1 rings (SSSR count). The minimum absolute atomic E-state index is 0.0938. The number of rotatable bonds is 20. The number of carbonyl (C=O) groups excluding carboxylic acids is 2. The summed E-state index contributed by atoms with van der Waals surface area (Å²) in [4.78, 5) is 26.1.